The molecule has 2 atom stereocenters. The van der Waals surface area contributed by atoms with Crippen molar-refractivity contribution in [3.8, 4) is 0 Å². The lowest BCUT2D eigenvalue weighted by molar-refractivity contribution is 0.132. The molecule has 3 rings (SSSR count). The quantitative estimate of drug-likeness (QED) is 0.802. The van der Waals surface area contributed by atoms with Crippen LogP contribution in [0.1, 0.15) is 24.8 Å². The smallest absolute Gasteiger partial charge is 0.0110 e. The van der Waals surface area contributed by atoms with Gasteiger partial charge in [0.25, 0.3) is 0 Å². The van der Waals surface area contributed by atoms with E-state index in [1.807, 2.05) is 0 Å². The van der Waals surface area contributed by atoms with Gasteiger partial charge in [-0.2, -0.15) is 0 Å². The number of hydrogen-bond acceptors (Lipinski definition) is 2. The number of benzene rings is 1. The van der Waals surface area contributed by atoms with Crippen LogP contribution in [0.2, 0.25) is 0 Å². The fourth-order valence-electron chi connectivity index (χ4n) is 3.18. The number of likely N-dealkylation sites (N-methyl/N-ethyl adjacent to an activating group) is 1. The second-order valence-electron chi connectivity index (χ2n) is 5.75. The van der Waals surface area contributed by atoms with E-state index in [2.05, 4.69) is 47.1 Å². The Bertz CT molecular complexity index is 368. The van der Waals surface area contributed by atoms with Gasteiger partial charge in [-0.25, -0.2) is 0 Å². The van der Waals surface area contributed by atoms with Crippen LogP contribution in [0.15, 0.2) is 30.3 Å². The number of hydrogen-bond donors (Lipinski definition) is 0. The Balaban J connectivity index is 1.46. The average Bonchev–Trinajstić information content (AvgIpc) is 3.20. The lowest BCUT2D eigenvalue weighted by Gasteiger charge is -2.34. The highest BCUT2D eigenvalue weighted by molar-refractivity contribution is 5.25. The molecule has 2 aliphatic rings. The lowest BCUT2D eigenvalue weighted by atomic mass is 10.1. The molecular weight excluding hydrogens is 220 g/mol. The van der Waals surface area contributed by atoms with Gasteiger partial charge in [-0.05, 0) is 30.4 Å². The fourth-order valence-corrected chi connectivity index (χ4v) is 3.18. The van der Waals surface area contributed by atoms with E-state index in [9.17, 15) is 0 Å². The summed E-state index contributed by atoms with van der Waals surface area (Å²) in [6.45, 7) is 9.86. The van der Waals surface area contributed by atoms with E-state index < -0.39 is 0 Å². The minimum Gasteiger partial charge on any atom is -0.301 e. The molecule has 0 unspecified atom stereocenters. The maximum Gasteiger partial charge on any atom is 0.0110 e. The van der Waals surface area contributed by atoms with Crippen molar-refractivity contribution in [2.75, 3.05) is 39.3 Å². The van der Waals surface area contributed by atoms with E-state index in [-0.39, 0.29) is 0 Å². The van der Waals surface area contributed by atoms with Gasteiger partial charge in [0.05, 0.1) is 0 Å². The first kappa shape index (κ1) is 12.2. The van der Waals surface area contributed by atoms with E-state index in [1.165, 1.54) is 45.7 Å². The average molecular weight is 244 g/mol. The molecule has 1 aromatic rings. The van der Waals surface area contributed by atoms with Crippen molar-refractivity contribution in [3.05, 3.63) is 35.9 Å². The number of rotatable bonds is 4. The first-order chi connectivity index (χ1) is 8.86. The van der Waals surface area contributed by atoms with E-state index in [4.69, 9.17) is 0 Å². The van der Waals surface area contributed by atoms with Gasteiger partial charge in [0.15, 0.2) is 0 Å². The molecule has 1 saturated carbocycles. The molecule has 1 heterocycles. The SMILES string of the molecule is CCN1CCN(C[C@H]2C[C@@H]2c2ccccc2)CC1. The van der Waals surface area contributed by atoms with Crippen molar-refractivity contribution in [1.29, 1.82) is 0 Å². The van der Waals surface area contributed by atoms with Crippen LogP contribution in [0, 0.1) is 5.92 Å². The van der Waals surface area contributed by atoms with E-state index in [1.54, 1.807) is 5.56 Å². The van der Waals surface area contributed by atoms with Crippen LogP contribution in [-0.2, 0) is 0 Å². The Kier molecular flexibility index (Phi) is 3.67. The summed E-state index contributed by atoms with van der Waals surface area (Å²) in [6, 6.07) is 11.0. The monoisotopic (exact) mass is 244 g/mol. The maximum absolute atomic E-state index is 2.67. The Labute approximate surface area is 111 Å². The van der Waals surface area contributed by atoms with Crippen molar-refractivity contribution in [2.24, 2.45) is 5.92 Å². The Morgan fingerprint density at radius 1 is 1.00 bits per heavy atom. The fraction of sp³-hybridized carbons (Fsp3) is 0.625. The Morgan fingerprint density at radius 3 is 2.33 bits per heavy atom. The minimum atomic E-state index is 0.843. The van der Waals surface area contributed by atoms with Gasteiger partial charge in [-0.1, -0.05) is 37.3 Å². The third kappa shape index (κ3) is 2.76. The van der Waals surface area contributed by atoms with Gasteiger partial charge in [0, 0.05) is 32.7 Å². The van der Waals surface area contributed by atoms with Gasteiger partial charge in [-0.15, -0.1) is 0 Å². The molecule has 0 spiro atoms. The molecule has 2 nitrogen and oxygen atoms in total. The molecule has 2 heteroatoms. The van der Waals surface area contributed by atoms with Crippen LogP contribution in [0.5, 0.6) is 0 Å². The molecule has 2 fully saturated rings. The van der Waals surface area contributed by atoms with Crippen molar-refractivity contribution in [3.63, 3.8) is 0 Å². The van der Waals surface area contributed by atoms with E-state index >= 15 is 0 Å². The summed E-state index contributed by atoms with van der Waals surface area (Å²) in [6.07, 6.45) is 1.40. The number of piperazine rings is 1. The third-order valence-electron chi connectivity index (χ3n) is 4.56. The van der Waals surface area contributed by atoms with Gasteiger partial charge in [-0.3, -0.25) is 0 Å². The summed E-state index contributed by atoms with van der Waals surface area (Å²) in [5, 5.41) is 0. The molecule has 1 aromatic carbocycles. The van der Waals surface area contributed by atoms with Crippen LogP contribution >= 0.6 is 0 Å². The van der Waals surface area contributed by atoms with Gasteiger partial charge in [0.2, 0.25) is 0 Å². The highest BCUT2D eigenvalue weighted by atomic mass is 15.3. The predicted molar refractivity (Wildman–Crippen MR) is 75.8 cm³/mol. The molecule has 18 heavy (non-hydrogen) atoms. The van der Waals surface area contributed by atoms with Crippen molar-refractivity contribution >= 4 is 0 Å². The second-order valence-corrected chi connectivity index (χ2v) is 5.75. The minimum absolute atomic E-state index is 0.843. The van der Waals surface area contributed by atoms with Crippen LogP contribution < -0.4 is 0 Å². The maximum atomic E-state index is 2.67. The summed E-state index contributed by atoms with van der Waals surface area (Å²) in [7, 11) is 0. The summed E-state index contributed by atoms with van der Waals surface area (Å²) in [5.74, 6) is 1.76. The zero-order valence-corrected chi connectivity index (χ0v) is 11.4. The van der Waals surface area contributed by atoms with Crippen LogP contribution in [-0.4, -0.2) is 49.1 Å². The second kappa shape index (κ2) is 5.41. The lowest BCUT2D eigenvalue weighted by Crippen LogP contribution is -2.46. The largest absolute Gasteiger partial charge is 0.301 e. The van der Waals surface area contributed by atoms with Crippen LogP contribution in [0.4, 0.5) is 0 Å². The molecule has 0 N–H and O–H groups in total. The highest BCUT2D eigenvalue weighted by Crippen LogP contribution is 2.47. The van der Waals surface area contributed by atoms with Crippen molar-refractivity contribution < 1.29 is 0 Å². The first-order valence-corrected chi connectivity index (χ1v) is 7.36. The molecule has 0 amide bonds. The zero-order chi connectivity index (χ0) is 12.4. The summed E-state index contributed by atoms with van der Waals surface area (Å²) in [5.41, 5.74) is 1.55. The van der Waals surface area contributed by atoms with Crippen molar-refractivity contribution in [2.45, 2.75) is 19.3 Å². The normalized spacial score (nSPS) is 29.4. The van der Waals surface area contributed by atoms with Gasteiger partial charge >= 0.3 is 0 Å². The zero-order valence-electron chi connectivity index (χ0n) is 11.4. The van der Waals surface area contributed by atoms with E-state index in [0.29, 0.717) is 0 Å². The molecule has 0 bridgehead atoms. The third-order valence-corrected chi connectivity index (χ3v) is 4.56. The number of nitrogens with zero attached hydrogens (tertiary/aromatic N) is 2. The summed E-state index contributed by atoms with van der Waals surface area (Å²) >= 11 is 0. The van der Waals surface area contributed by atoms with Crippen LogP contribution in [0.3, 0.4) is 0 Å². The molecular formula is C16H24N2. The molecule has 1 saturated heterocycles. The molecule has 98 valence electrons. The predicted octanol–water partition coefficient (Wildman–Crippen LogP) is 2.43. The van der Waals surface area contributed by atoms with Crippen molar-refractivity contribution in [1.82, 2.24) is 9.80 Å². The first-order valence-electron chi connectivity index (χ1n) is 7.36. The van der Waals surface area contributed by atoms with E-state index in [0.717, 1.165) is 11.8 Å². The molecule has 0 aromatic heterocycles. The Morgan fingerprint density at radius 2 is 1.67 bits per heavy atom. The molecule has 1 aliphatic heterocycles. The van der Waals surface area contributed by atoms with Gasteiger partial charge in [0.1, 0.15) is 0 Å². The van der Waals surface area contributed by atoms with Crippen LogP contribution in [0.25, 0.3) is 0 Å². The topological polar surface area (TPSA) is 6.48 Å². The Hall–Kier alpha value is -0.860. The standard InChI is InChI=1S/C16H24N2/c1-2-17-8-10-18(11-9-17)13-15-12-16(15)14-6-4-3-5-7-14/h3-7,15-16H,2,8-13H2,1H3/t15-,16-/m1/s1. The summed E-state index contributed by atoms with van der Waals surface area (Å²) in [4.78, 5) is 5.22. The summed E-state index contributed by atoms with van der Waals surface area (Å²) < 4.78 is 0. The molecule has 1 aliphatic carbocycles. The molecule has 0 radical (unpaired) electrons. The highest BCUT2D eigenvalue weighted by Gasteiger charge is 2.39. The van der Waals surface area contributed by atoms with Gasteiger partial charge < -0.3 is 9.80 Å².